The first-order valence-corrected chi connectivity index (χ1v) is 8.02. The number of anilines is 2. The van der Waals surface area contributed by atoms with E-state index in [9.17, 15) is 9.59 Å². The second-order valence-electron chi connectivity index (χ2n) is 5.54. The van der Waals surface area contributed by atoms with Gasteiger partial charge in [-0.2, -0.15) is 0 Å². The second-order valence-corrected chi connectivity index (χ2v) is 6.35. The zero-order valence-electron chi connectivity index (χ0n) is 13.1. The molecule has 122 valence electrons. The molecule has 1 N–H and O–H groups in total. The van der Waals surface area contributed by atoms with Crippen molar-refractivity contribution in [3.63, 3.8) is 0 Å². The van der Waals surface area contributed by atoms with Gasteiger partial charge < -0.3 is 5.32 Å². The Morgan fingerprint density at radius 3 is 2.33 bits per heavy atom. The van der Waals surface area contributed by atoms with Gasteiger partial charge in [-0.1, -0.05) is 35.3 Å². The average molecular weight is 361 g/mol. The van der Waals surface area contributed by atoms with E-state index in [0.717, 1.165) is 16.0 Å². The van der Waals surface area contributed by atoms with Crippen LogP contribution in [0.4, 0.5) is 11.4 Å². The number of aryl methyl sites for hydroxylation is 2. The third-order valence-electron chi connectivity index (χ3n) is 3.87. The van der Waals surface area contributed by atoms with Crippen LogP contribution >= 0.6 is 23.2 Å². The van der Waals surface area contributed by atoms with Gasteiger partial charge in [-0.25, -0.2) is 4.90 Å². The maximum Gasteiger partial charge on any atom is 0.283 e. The molecule has 24 heavy (non-hydrogen) atoms. The van der Waals surface area contributed by atoms with Crippen molar-refractivity contribution in [1.82, 2.24) is 0 Å². The van der Waals surface area contributed by atoms with Gasteiger partial charge in [0.1, 0.15) is 10.7 Å². The third-order valence-corrected chi connectivity index (χ3v) is 4.46. The van der Waals surface area contributed by atoms with Gasteiger partial charge in [0.15, 0.2) is 0 Å². The van der Waals surface area contributed by atoms with Crippen LogP contribution in [0.5, 0.6) is 0 Å². The standard InChI is InChI=1S/C18H14Cl2N2O2/c1-10-6-7-13(8-11(10)2)21-16-15(20)17(23)22(18(16)24)14-5-3-4-12(19)9-14/h3-9,21H,1-2H3. The maximum absolute atomic E-state index is 12.7. The zero-order chi connectivity index (χ0) is 17.4. The second kappa shape index (κ2) is 6.30. The summed E-state index contributed by atoms with van der Waals surface area (Å²) in [6, 6.07) is 12.2. The molecular formula is C18H14Cl2N2O2. The lowest BCUT2D eigenvalue weighted by Gasteiger charge is -2.15. The van der Waals surface area contributed by atoms with Crippen molar-refractivity contribution in [2.45, 2.75) is 13.8 Å². The molecule has 0 saturated carbocycles. The number of carbonyl (C=O) groups is 2. The van der Waals surface area contributed by atoms with E-state index in [2.05, 4.69) is 5.32 Å². The molecule has 2 amide bonds. The Bertz CT molecular complexity index is 890. The first-order valence-electron chi connectivity index (χ1n) is 7.27. The van der Waals surface area contributed by atoms with Gasteiger partial charge >= 0.3 is 0 Å². The van der Waals surface area contributed by atoms with Crippen molar-refractivity contribution in [2.75, 3.05) is 10.2 Å². The Labute approximate surface area is 149 Å². The Kier molecular flexibility index (Phi) is 4.35. The molecule has 2 aromatic carbocycles. The summed E-state index contributed by atoms with van der Waals surface area (Å²) in [5.41, 5.74) is 3.34. The van der Waals surface area contributed by atoms with E-state index in [1.165, 1.54) is 0 Å². The van der Waals surface area contributed by atoms with Crippen LogP contribution in [0.3, 0.4) is 0 Å². The van der Waals surface area contributed by atoms with E-state index >= 15 is 0 Å². The lowest BCUT2D eigenvalue weighted by Crippen LogP contribution is -2.32. The summed E-state index contributed by atoms with van der Waals surface area (Å²) >= 11 is 12.0. The summed E-state index contributed by atoms with van der Waals surface area (Å²) in [6.07, 6.45) is 0. The van der Waals surface area contributed by atoms with Gasteiger partial charge in [0.05, 0.1) is 5.69 Å². The fraction of sp³-hybridized carbons (Fsp3) is 0.111. The number of halogens is 2. The Balaban J connectivity index is 1.93. The number of hydrogen-bond acceptors (Lipinski definition) is 3. The minimum atomic E-state index is -0.574. The lowest BCUT2D eigenvalue weighted by molar-refractivity contribution is -0.120. The van der Waals surface area contributed by atoms with E-state index in [4.69, 9.17) is 23.2 Å². The summed E-state index contributed by atoms with van der Waals surface area (Å²) in [5, 5.41) is 3.25. The molecule has 0 fully saturated rings. The van der Waals surface area contributed by atoms with Crippen molar-refractivity contribution in [3.05, 3.63) is 69.3 Å². The minimum Gasteiger partial charge on any atom is -0.350 e. The van der Waals surface area contributed by atoms with Crippen molar-refractivity contribution < 1.29 is 9.59 Å². The highest BCUT2D eigenvalue weighted by molar-refractivity contribution is 6.53. The quantitative estimate of drug-likeness (QED) is 0.825. The monoisotopic (exact) mass is 360 g/mol. The van der Waals surface area contributed by atoms with Crippen molar-refractivity contribution in [2.24, 2.45) is 0 Å². The van der Waals surface area contributed by atoms with E-state index in [0.29, 0.717) is 16.4 Å². The molecule has 0 aromatic heterocycles. The highest BCUT2D eigenvalue weighted by Crippen LogP contribution is 2.31. The molecular weight excluding hydrogens is 347 g/mol. The molecule has 0 spiro atoms. The molecule has 0 saturated heterocycles. The molecule has 1 heterocycles. The van der Waals surface area contributed by atoms with Crippen molar-refractivity contribution >= 4 is 46.4 Å². The number of nitrogens with one attached hydrogen (secondary N) is 1. The predicted molar refractivity (Wildman–Crippen MR) is 96.4 cm³/mol. The Morgan fingerprint density at radius 2 is 1.67 bits per heavy atom. The van der Waals surface area contributed by atoms with Gasteiger partial charge in [-0.3, -0.25) is 9.59 Å². The number of benzene rings is 2. The average Bonchev–Trinajstić information content (AvgIpc) is 2.74. The molecule has 6 heteroatoms. The summed E-state index contributed by atoms with van der Waals surface area (Å²) in [5.74, 6) is -1.08. The van der Waals surface area contributed by atoms with Crippen LogP contribution in [0.1, 0.15) is 11.1 Å². The van der Waals surface area contributed by atoms with Gasteiger partial charge in [-0.15, -0.1) is 0 Å². The van der Waals surface area contributed by atoms with Crippen molar-refractivity contribution in [1.29, 1.82) is 0 Å². The SMILES string of the molecule is Cc1ccc(NC2=C(Cl)C(=O)N(c3cccc(Cl)c3)C2=O)cc1C. The molecule has 0 atom stereocenters. The fourth-order valence-corrected chi connectivity index (χ4v) is 2.82. The minimum absolute atomic E-state index is 0.0601. The van der Waals surface area contributed by atoms with Gasteiger partial charge in [0, 0.05) is 10.7 Å². The van der Waals surface area contributed by atoms with Crippen LogP contribution in [0.2, 0.25) is 5.02 Å². The van der Waals surface area contributed by atoms with E-state index in [1.807, 2.05) is 32.0 Å². The Morgan fingerprint density at radius 1 is 0.917 bits per heavy atom. The van der Waals surface area contributed by atoms with Crippen LogP contribution in [0, 0.1) is 13.8 Å². The number of amides is 2. The zero-order valence-corrected chi connectivity index (χ0v) is 14.6. The molecule has 1 aliphatic rings. The molecule has 2 aromatic rings. The molecule has 0 aliphatic carbocycles. The first kappa shape index (κ1) is 16.6. The molecule has 4 nitrogen and oxygen atoms in total. The smallest absolute Gasteiger partial charge is 0.283 e. The van der Waals surface area contributed by atoms with Crippen LogP contribution < -0.4 is 10.2 Å². The van der Waals surface area contributed by atoms with Crippen LogP contribution in [-0.4, -0.2) is 11.8 Å². The van der Waals surface area contributed by atoms with E-state index in [1.54, 1.807) is 24.3 Å². The van der Waals surface area contributed by atoms with Crippen LogP contribution in [0.15, 0.2) is 53.2 Å². The molecule has 0 bridgehead atoms. The van der Waals surface area contributed by atoms with Crippen molar-refractivity contribution in [3.8, 4) is 0 Å². The maximum atomic E-state index is 12.7. The highest BCUT2D eigenvalue weighted by Gasteiger charge is 2.39. The number of nitrogens with zero attached hydrogens (tertiary/aromatic N) is 1. The highest BCUT2D eigenvalue weighted by atomic mass is 35.5. The molecule has 0 radical (unpaired) electrons. The van der Waals surface area contributed by atoms with Crippen LogP contribution in [0.25, 0.3) is 0 Å². The summed E-state index contributed by atoms with van der Waals surface area (Å²) in [6.45, 7) is 3.97. The van der Waals surface area contributed by atoms with E-state index in [-0.39, 0.29) is 10.7 Å². The third kappa shape index (κ3) is 2.90. The van der Waals surface area contributed by atoms with E-state index < -0.39 is 11.8 Å². The summed E-state index contributed by atoms with van der Waals surface area (Å²) < 4.78 is 0. The number of imide groups is 1. The lowest BCUT2D eigenvalue weighted by atomic mass is 10.1. The van der Waals surface area contributed by atoms with Gasteiger partial charge in [-0.05, 0) is 55.3 Å². The summed E-state index contributed by atoms with van der Waals surface area (Å²) in [4.78, 5) is 26.0. The fourth-order valence-electron chi connectivity index (χ4n) is 2.42. The van der Waals surface area contributed by atoms with Gasteiger partial charge in [0.2, 0.25) is 0 Å². The van der Waals surface area contributed by atoms with Crippen LogP contribution in [-0.2, 0) is 9.59 Å². The first-order chi connectivity index (χ1) is 11.4. The number of carbonyl (C=O) groups excluding carboxylic acids is 2. The van der Waals surface area contributed by atoms with Gasteiger partial charge in [0.25, 0.3) is 11.8 Å². The largest absolute Gasteiger partial charge is 0.350 e. The molecule has 3 rings (SSSR count). The Hall–Kier alpha value is -2.30. The normalized spacial score (nSPS) is 14.6. The topological polar surface area (TPSA) is 49.4 Å². The summed E-state index contributed by atoms with van der Waals surface area (Å²) in [7, 11) is 0. The molecule has 0 unspecified atom stereocenters. The molecule has 1 aliphatic heterocycles. The number of hydrogen-bond donors (Lipinski definition) is 1. The number of rotatable bonds is 3. The predicted octanol–water partition coefficient (Wildman–Crippen LogP) is 4.39.